The fraction of sp³-hybridized carbons (Fsp3) is 0.700. The van der Waals surface area contributed by atoms with Gasteiger partial charge in [0.2, 0.25) is 0 Å². The van der Waals surface area contributed by atoms with Crippen LogP contribution in [-0.2, 0) is 0 Å². The van der Waals surface area contributed by atoms with Gasteiger partial charge in [0, 0.05) is 5.92 Å². The molecule has 0 saturated carbocycles. The number of unbranched alkanes of at least 4 members (excludes halogenated alkanes) is 5. The average molecular weight is 290 g/mol. The van der Waals surface area contributed by atoms with Crippen molar-refractivity contribution in [1.82, 2.24) is 0 Å². The molecule has 3 atom stereocenters. The summed E-state index contributed by atoms with van der Waals surface area (Å²) in [4.78, 5) is 0. The van der Waals surface area contributed by atoms with Crippen LogP contribution in [0.1, 0.15) is 83.6 Å². The van der Waals surface area contributed by atoms with E-state index in [0.29, 0.717) is 5.92 Å². The Labute approximate surface area is 131 Å². The van der Waals surface area contributed by atoms with E-state index in [4.69, 9.17) is 0 Å². The molecule has 0 spiro atoms. The lowest BCUT2D eigenvalue weighted by molar-refractivity contribution is 0.105. The van der Waals surface area contributed by atoms with Crippen LogP contribution in [0.4, 0.5) is 0 Å². The van der Waals surface area contributed by atoms with Gasteiger partial charge in [-0.15, -0.1) is 0 Å². The van der Waals surface area contributed by atoms with Crippen molar-refractivity contribution in [2.24, 2.45) is 5.92 Å². The summed E-state index contributed by atoms with van der Waals surface area (Å²) in [6.45, 7) is 6.74. The molecule has 0 heterocycles. The zero-order chi connectivity index (χ0) is 15.5. The quantitative estimate of drug-likeness (QED) is 0.501. The minimum Gasteiger partial charge on any atom is -0.392 e. The first-order valence-electron chi connectivity index (χ1n) is 8.93. The Hall–Kier alpha value is -0.820. The molecule has 21 heavy (non-hydrogen) atoms. The second-order valence-corrected chi connectivity index (χ2v) is 6.45. The largest absolute Gasteiger partial charge is 0.392 e. The summed E-state index contributed by atoms with van der Waals surface area (Å²) in [7, 11) is 0. The third kappa shape index (κ3) is 6.65. The van der Waals surface area contributed by atoms with Gasteiger partial charge in [-0.2, -0.15) is 0 Å². The first-order valence-corrected chi connectivity index (χ1v) is 8.93. The molecular weight excluding hydrogens is 256 g/mol. The van der Waals surface area contributed by atoms with Gasteiger partial charge >= 0.3 is 0 Å². The maximum atomic E-state index is 10.7. The van der Waals surface area contributed by atoms with E-state index in [2.05, 4.69) is 51.1 Å². The Morgan fingerprint density at radius 3 is 2.14 bits per heavy atom. The van der Waals surface area contributed by atoms with E-state index in [1.54, 1.807) is 0 Å². The van der Waals surface area contributed by atoms with E-state index in [0.717, 1.165) is 19.3 Å². The van der Waals surface area contributed by atoms with Crippen LogP contribution in [0.25, 0.3) is 0 Å². The van der Waals surface area contributed by atoms with Crippen LogP contribution >= 0.6 is 0 Å². The lowest BCUT2D eigenvalue weighted by Gasteiger charge is -2.28. The van der Waals surface area contributed by atoms with Crippen molar-refractivity contribution in [2.45, 2.75) is 84.2 Å². The van der Waals surface area contributed by atoms with Crippen LogP contribution in [-0.4, -0.2) is 11.2 Å². The highest BCUT2D eigenvalue weighted by Gasteiger charge is 2.25. The summed E-state index contributed by atoms with van der Waals surface area (Å²) in [5.41, 5.74) is 1.30. The Balaban J connectivity index is 2.47. The predicted molar refractivity (Wildman–Crippen MR) is 92.6 cm³/mol. The van der Waals surface area contributed by atoms with Gasteiger partial charge in [0.15, 0.2) is 0 Å². The van der Waals surface area contributed by atoms with E-state index in [1.807, 2.05) is 0 Å². The number of hydrogen-bond donors (Lipinski definition) is 1. The highest BCUT2D eigenvalue weighted by atomic mass is 16.3. The zero-order valence-corrected chi connectivity index (χ0v) is 14.2. The van der Waals surface area contributed by atoms with Gasteiger partial charge in [-0.05, 0) is 17.9 Å². The first kappa shape index (κ1) is 18.2. The maximum Gasteiger partial charge on any atom is 0.0611 e. The van der Waals surface area contributed by atoms with Crippen molar-refractivity contribution >= 4 is 0 Å². The molecule has 1 N–H and O–H groups in total. The Morgan fingerprint density at radius 1 is 0.905 bits per heavy atom. The van der Waals surface area contributed by atoms with Crippen molar-refractivity contribution in [3.63, 3.8) is 0 Å². The number of aliphatic hydroxyl groups is 1. The van der Waals surface area contributed by atoms with Gasteiger partial charge in [-0.3, -0.25) is 0 Å². The molecule has 1 heteroatoms. The van der Waals surface area contributed by atoms with E-state index < -0.39 is 0 Å². The summed E-state index contributed by atoms with van der Waals surface area (Å²) >= 11 is 0. The lowest BCUT2D eigenvalue weighted by Crippen LogP contribution is -2.24. The second-order valence-electron chi connectivity index (χ2n) is 6.45. The molecule has 1 aromatic rings. The number of benzene rings is 1. The molecule has 120 valence electrons. The van der Waals surface area contributed by atoms with E-state index in [-0.39, 0.29) is 12.0 Å². The van der Waals surface area contributed by atoms with E-state index >= 15 is 0 Å². The number of hydrogen-bond acceptors (Lipinski definition) is 1. The standard InChI is InChI=1S/C20H34O/c1-4-6-7-8-9-13-16-19(21)20(17(3)5-2)18-14-11-10-12-15-18/h10-12,14-15,17,19-21H,4-9,13,16H2,1-3H3. The zero-order valence-electron chi connectivity index (χ0n) is 14.2. The normalized spacial score (nSPS) is 15.6. The first-order chi connectivity index (χ1) is 10.2. The fourth-order valence-electron chi connectivity index (χ4n) is 3.17. The third-order valence-corrected chi connectivity index (χ3v) is 4.71. The molecule has 1 rings (SSSR count). The van der Waals surface area contributed by atoms with Crippen molar-refractivity contribution in [2.75, 3.05) is 0 Å². The summed E-state index contributed by atoms with van der Waals surface area (Å²) in [5.74, 6) is 0.814. The van der Waals surface area contributed by atoms with Gasteiger partial charge in [0.25, 0.3) is 0 Å². The summed E-state index contributed by atoms with van der Waals surface area (Å²) < 4.78 is 0. The molecule has 0 aromatic heterocycles. The van der Waals surface area contributed by atoms with Gasteiger partial charge in [-0.1, -0.05) is 96.0 Å². The Kier molecular flexibility index (Phi) is 9.41. The van der Waals surface area contributed by atoms with Crippen LogP contribution < -0.4 is 0 Å². The predicted octanol–water partition coefficient (Wildman–Crippen LogP) is 5.93. The summed E-state index contributed by atoms with van der Waals surface area (Å²) in [6.07, 6.45) is 9.59. The minimum absolute atomic E-state index is 0.200. The molecule has 0 aliphatic carbocycles. The average Bonchev–Trinajstić information content (AvgIpc) is 2.51. The minimum atomic E-state index is -0.200. The molecule has 3 unspecified atom stereocenters. The molecular formula is C20H34O. The third-order valence-electron chi connectivity index (χ3n) is 4.71. The van der Waals surface area contributed by atoms with Crippen molar-refractivity contribution < 1.29 is 5.11 Å². The number of aliphatic hydroxyl groups excluding tert-OH is 1. The molecule has 0 aliphatic rings. The van der Waals surface area contributed by atoms with Crippen LogP contribution in [0.15, 0.2) is 30.3 Å². The SMILES string of the molecule is CCCCCCCCC(O)C(c1ccccc1)C(C)CC. The monoisotopic (exact) mass is 290 g/mol. The topological polar surface area (TPSA) is 20.2 Å². The lowest BCUT2D eigenvalue weighted by atomic mass is 9.80. The van der Waals surface area contributed by atoms with Crippen molar-refractivity contribution in [3.8, 4) is 0 Å². The molecule has 0 amide bonds. The second kappa shape index (κ2) is 10.8. The highest BCUT2D eigenvalue weighted by Crippen LogP contribution is 2.32. The molecule has 0 radical (unpaired) electrons. The summed E-state index contributed by atoms with van der Waals surface area (Å²) in [5, 5.41) is 10.7. The molecule has 1 aromatic carbocycles. The smallest absolute Gasteiger partial charge is 0.0611 e. The molecule has 0 fully saturated rings. The van der Waals surface area contributed by atoms with E-state index in [1.165, 1.54) is 37.7 Å². The molecule has 1 nitrogen and oxygen atoms in total. The van der Waals surface area contributed by atoms with Crippen LogP contribution in [0.5, 0.6) is 0 Å². The van der Waals surface area contributed by atoms with Crippen LogP contribution in [0.2, 0.25) is 0 Å². The maximum absolute atomic E-state index is 10.7. The van der Waals surface area contributed by atoms with Crippen LogP contribution in [0, 0.1) is 5.92 Å². The van der Waals surface area contributed by atoms with Gasteiger partial charge in [0.1, 0.15) is 0 Å². The van der Waals surface area contributed by atoms with Crippen molar-refractivity contribution in [1.29, 1.82) is 0 Å². The Morgan fingerprint density at radius 2 is 1.52 bits per heavy atom. The van der Waals surface area contributed by atoms with Gasteiger partial charge in [-0.25, -0.2) is 0 Å². The Bertz CT molecular complexity index is 346. The van der Waals surface area contributed by atoms with Gasteiger partial charge in [0.05, 0.1) is 6.10 Å². The molecule has 0 bridgehead atoms. The number of rotatable bonds is 11. The highest BCUT2D eigenvalue weighted by molar-refractivity contribution is 5.21. The van der Waals surface area contributed by atoms with E-state index in [9.17, 15) is 5.11 Å². The van der Waals surface area contributed by atoms with Crippen LogP contribution in [0.3, 0.4) is 0 Å². The van der Waals surface area contributed by atoms with Crippen molar-refractivity contribution in [3.05, 3.63) is 35.9 Å². The molecule has 0 aliphatic heterocycles. The molecule has 0 saturated heterocycles. The van der Waals surface area contributed by atoms with Gasteiger partial charge < -0.3 is 5.11 Å². The fourth-order valence-corrected chi connectivity index (χ4v) is 3.17. The summed E-state index contributed by atoms with van der Waals surface area (Å²) in [6, 6.07) is 10.6.